The lowest BCUT2D eigenvalue weighted by Crippen LogP contribution is -2.27. The largest absolute Gasteiger partial charge is 0.497 e. The van der Waals surface area contributed by atoms with Crippen molar-refractivity contribution >= 4 is 11.7 Å². The Bertz CT molecular complexity index is 912. The van der Waals surface area contributed by atoms with Gasteiger partial charge in [-0.3, -0.25) is 4.79 Å². The minimum absolute atomic E-state index is 0.207. The van der Waals surface area contributed by atoms with E-state index in [9.17, 15) is 4.79 Å². The van der Waals surface area contributed by atoms with E-state index in [1.165, 1.54) is 0 Å². The molecule has 0 atom stereocenters. The first-order chi connectivity index (χ1) is 13.6. The summed E-state index contributed by atoms with van der Waals surface area (Å²) < 4.78 is 5.15. The van der Waals surface area contributed by atoms with Crippen molar-refractivity contribution in [2.45, 2.75) is 19.9 Å². The number of ether oxygens (including phenoxy) is 1. The second-order valence-corrected chi connectivity index (χ2v) is 6.38. The van der Waals surface area contributed by atoms with Crippen molar-refractivity contribution in [2.24, 2.45) is 0 Å². The van der Waals surface area contributed by atoms with Crippen LogP contribution in [0, 0.1) is 6.92 Å². The average Bonchev–Trinajstić information content (AvgIpc) is 2.73. The fraction of sp³-hybridized carbons (Fsp3) is 0.227. The summed E-state index contributed by atoms with van der Waals surface area (Å²) in [4.78, 5) is 21.1. The molecule has 3 aromatic rings. The molecule has 0 saturated carbocycles. The van der Waals surface area contributed by atoms with Crippen molar-refractivity contribution in [2.75, 3.05) is 19.0 Å². The lowest BCUT2D eigenvalue weighted by molar-refractivity contribution is 0.0949. The van der Waals surface area contributed by atoms with Gasteiger partial charge in [-0.05, 0) is 36.6 Å². The SMILES string of the molecule is COc1ccc(CCNC(=O)c2cc(NCc3ccccc3)nc(C)n2)cc1. The van der Waals surface area contributed by atoms with E-state index in [0.717, 1.165) is 23.3 Å². The molecule has 28 heavy (non-hydrogen) atoms. The molecule has 6 heteroatoms. The van der Waals surface area contributed by atoms with Gasteiger partial charge < -0.3 is 15.4 Å². The van der Waals surface area contributed by atoms with Crippen LogP contribution in [-0.2, 0) is 13.0 Å². The quantitative estimate of drug-likeness (QED) is 0.630. The molecular weight excluding hydrogens is 352 g/mol. The standard InChI is InChI=1S/C22H24N4O2/c1-16-25-20(14-21(26-16)24-15-18-6-4-3-5-7-18)22(27)23-13-12-17-8-10-19(28-2)11-9-17/h3-11,14H,12-13,15H2,1-2H3,(H,23,27)(H,24,25,26). The molecule has 0 aliphatic carbocycles. The van der Waals surface area contributed by atoms with Crippen molar-refractivity contribution < 1.29 is 9.53 Å². The van der Waals surface area contributed by atoms with Gasteiger partial charge in [0.1, 0.15) is 23.1 Å². The molecule has 1 amide bonds. The molecule has 0 saturated heterocycles. The molecule has 0 aliphatic heterocycles. The fourth-order valence-corrected chi connectivity index (χ4v) is 2.77. The van der Waals surface area contributed by atoms with Gasteiger partial charge in [0.2, 0.25) is 0 Å². The Morgan fingerprint density at radius 3 is 2.46 bits per heavy atom. The lowest BCUT2D eigenvalue weighted by Gasteiger charge is -2.09. The average molecular weight is 376 g/mol. The number of methoxy groups -OCH3 is 1. The smallest absolute Gasteiger partial charge is 0.270 e. The van der Waals surface area contributed by atoms with Crippen LogP contribution in [0.5, 0.6) is 5.75 Å². The van der Waals surface area contributed by atoms with Gasteiger partial charge in [0.15, 0.2) is 0 Å². The Morgan fingerprint density at radius 2 is 1.75 bits per heavy atom. The number of benzene rings is 2. The summed E-state index contributed by atoms with van der Waals surface area (Å²) in [5.74, 6) is 1.80. The fourth-order valence-electron chi connectivity index (χ4n) is 2.77. The third-order valence-electron chi connectivity index (χ3n) is 4.25. The van der Waals surface area contributed by atoms with E-state index in [4.69, 9.17) is 4.74 Å². The summed E-state index contributed by atoms with van der Waals surface area (Å²) in [6, 6.07) is 19.5. The highest BCUT2D eigenvalue weighted by molar-refractivity contribution is 5.92. The van der Waals surface area contributed by atoms with Crippen LogP contribution < -0.4 is 15.4 Å². The summed E-state index contributed by atoms with van der Waals surface area (Å²) in [5, 5.41) is 6.16. The van der Waals surface area contributed by atoms with Crippen molar-refractivity contribution in [3.05, 3.63) is 83.3 Å². The second kappa shape index (κ2) is 9.50. The third-order valence-corrected chi connectivity index (χ3v) is 4.25. The zero-order valence-corrected chi connectivity index (χ0v) is 16.1. The number of aromatic nitrogens is 2. The van der Waals surface area contributed by atoms with Crippen molar-refractivity contribution in [3.63, 3.8) is 0 Å². The molecule has 0 aliphatic rings. The molecule has 0 bridgehead atoms. The molecule has 0 spiro atoms. The molecular formula is C22H24N4O2. The van der Waals surface area contributed by atoms with E-state index < -0.39 is 0 Å². The third kappa shape index (κ3) is 5.54. The van der Waals surface area contributed by atoms with Gasteiger partial charge in [-0.25, -0.2) is 9.97 Å². The summed E-state index contributed by atoms with van der Waals surface area (Å²) in [5.41, 5.74) is 2.63. The monoisotopic (exact) mass is 376 g/mol. The second-order valence-electron chi connectivity index (χ2n) is 6.38. The summed E-state index contributed by atoms with van der Waals surface area (Å²) in [7, 11) is 1.64. The number of amides is 1. The van der Waals surface area contributed by atoms with Crippen LogP contribution in [0.25, 0.3) is 0 Å². The van der Waals surface area contributed by atoms with Crippen molar-refractivity contribution in [1.29, 1.82) is 0 Å². The minimum atomic E-state index is -0.207. The number of carbonyl (C=O) groups excluding carboxylic acids is 1. The first-order valence-electron chi connectivity index (χ1n) is 9.18. The topological polar surface area (TPSA) is 76.1 Å². The van der Waals surface area contributed by atoms with Crippen LogP contribution in [0.2, 0.25) is 0 Å². The van der Waals surface area contributed by atoms with Crippen LogP contribution in [0.4, 0.5) is 5.82 Å². The number of hydrogen-bond acceptors (Lipinski definition) is 5. The van der Waals surface area contributed by atoms with E-state index in [1.54, 1.807) is 20.1 Å². The lowest BCUT2D eigenvalue weighted by atomic mass is 10.1. The van der Waals surface area contributed by atoms with E-state index in [2.05, 4.69) is 20.6 Å². The first kappa shape index (κ1) is 19.4. The van der Waals surface area contributed by atoms with E-state index in [1.807, 2.05) is 54.6 Å². The number of anilines is 1. The number of nitrogens with zero attached hydrogens (tertiary/aromatic N) is 2. The number of hydrogen-bond donors (Lipinski definition) is 2. The van der Waals surface area contributed by atoms with E-state index in [-0.39, 0.29) is 5.91 Å². The highest BCUT2D eigenvalue weighted by Gasteiger charge is 2.10. The van der Waals surface area contributed by atoms with Crippen LogP contribution in [0.1, 0.15) is 27.4 Å². The summed E-state index contributed by atoms with van der Waals surface area (Å²) >= 11 is 0. The van der Waals surface area contributed by atoms with Crippen LogP contribution in [0.3, 0.4) is 0 Å². The van der Waals surface area contributed by atoms with Gasteiger partial charge in [-0.2, -0.15) is 0 Å². The first-order valence-corrected chi connectivity index (χ1v) is 9.18. The predicted molar refractivity (Wildman–Crippen MR) is 110 cm³/mol. The zero-order chi connectivity index (χ0) is 19.8. The Kier molecular flexibility index (Phi) is 6.57. The molecule has 0 radical (unpaired) electrons. The van der Waals surface area contributed by atoms with Gasteiger partial charge in [-0.1, -0.05) is 42.5 Å². The number of rotatable bonds is 8. The van der Waals surface area contributed by atoms with Crippen molar-refractivity contribution in [1.82, 2.24) is 15.3 Å². The Balaban J connectivity index is 1.55. The minimum Gasteiger partial charge on any atom is -0.497 e. The van der Waals surface area contributed by atoms with Gasteiger partial charge in [0.25, 0.3) is 5.91 Å². The number of aryl methyl sites for hydroxylation is 1. The van der Waals surface area contributed by atoms with E-state index >= 15 is 0 Å². The number of nitrogens with one attached hydrogen (secondary N) is 2. The molecule has 2 aromatic carbocycles. The zero-order valence-electron chi connectivity index (χ0n) is 16.1. The molecule has 0 fully saturated rings. The molecule has 0 unspecified atom stereocenters. The summed E-state index contributed by atoms with van der Waals surface area (Å²) in [6.07, 6.45) is 0.735. The predicted octanol–water partition coefficient (Wildman–Crippen LogP) is 3.38. The maximum absolute atomic E-state index is 12.5. The van der Waals surface area contributed by atoms with Gasteiger partial charge in [-0.15, -0.1) is 0 Å². The highest BCUT2D eigenvalue weighted by atomic mass is 16.5. The highest BCUT2D eigenvalue weighted by Crippen LogP contribution is 2.12. The van der Waals surface area contributed by atoms with Gasteiger partial charge >= 0.3 is 0 Å². The van der Waals surface area contributed by atoms with Crippen LogP contribution in [-0.4, -0.2) is 29.5 Å². The molecule has 1 heterocycles. The number of carbonyl (C=O) groups is 1. The molecule has 2 N–H and O–H groups in total. The maximum Gasteiger partial charge on any atom is 0.270 e. The van der Waals surface area contributed by atoms with Crippen LogP contribution >= 0.6 is 0 Å². The Hall–Kier alpha value is -3.41. The normalized spacial score (nSPS) is 10.4. The van der Waals surface area contributed by atoms with E-state index in [0.29, 0.717) is 30.4 Å². The van der Waals surface area contributed by atoms with Crippen LogP contribution in [0.15, 0.2) is 60.7 Å². The molecule has 144 valence electrons. The van der Waals surface area contributed by atoms with Gasteiger partial charge in [0, 0.05) is 19.2 Å². The molecule has 1 aromatic heterocycles. The Labute approximate surface area is 165 Å². The van der Waals surface area contributed by atoms with Crippen molar-refractivity contribution in [3.8, 4) is 5.75 Å². The Morgan fingerprint density at radius 1 is 1.00 bits per heavy atom. The van der Waals surface area contributed by atoms with Gasteiger partial charge in [0.05, 0.1) is 7.11 Å². The summed E-state index contributed by atoms with van der Waals surface area (Å²) in [6.45, 7) is 2.94. The maximum atomic E-state index is 12.5. The molecule has 3 rings (SSSR count). The molecule has 6 nitrogen and oxygen atoms in total.